The average molecular weight is 391 g/mol. The van der Waals surface area contributed by atoms with Crippen molar-refractivity contribution in [1.29, 1.82) is 0 Å². The lowest BCUT2D eigenvalue weighted by Gasteiger charge is -2.05. The Labute approximate surface area is 164 Å². The summed E-state index contributed by atoms with van der Waals surface area (Å²) in [4.78, 5) is 18.7. The van der Waals surface area contributed by atoms with Gasteiger partial charge in [-0.3, -0.25) is 9.78 Å². The van der Waals surface area contributed by atoms with E-state index in [9.17, 15) is 4.79 Å². The summed E-state index contributed by atoms with van der Waals surface area (Å²) in [6.45, 7) is 3.46. The van der Waals surface area contributed by atoms with E-state index in [0.29, 0.717) is 5.69 Å². The van der Waals surface area contributed by atoms with Gasteiger partial charge >= 0.3 is 0 Å². The molecule has 0 saturated carbocycles. The van der Waals surface area contributed by atoms with Gasteiger partial charge in [0.05, 0.1) is 15.9 Å². The van der Waals surface area contributed by atoms with Crippen molar-refractivity contribution in [3.05, 3.63) is 70.1 Å². The summed E-state index contributed by atoms with van der Waals surface area (Å²) in [7, 11) is 0. The van der Waals surface area contributed by atoms with Crippen LogP contribution in [0.3, 0.4) is 0 Å². The van der Waals surface area contributed by atoms with Crippen LogP contribution >= 0.6 is 11.3 Å². The Kier molecular flexibility index (Phi) is 4.81. The lowest BCUT2D eigenvalue weighted by Crippen LogP contribution is -2.16. The van der Waals surface area contributed by atoms with E-state index >= 15 is 0 Å². The molecule has 2 aromatic heterocycles. The van der Waals surface area contributed by atoms with Crippen LogP contribution in [0.5, 0.6) is 0 Å². The zero-order valence-corrected chi connectivity index (χ0v) is 16.0. The highest BCUT2D eigenvalue weighted by Crippen LogP contribution is 2.28. The number of benzene rings is 2. The summed E-state index contributed by atoms with van der Waals surface area (Å²) >= 11 is 1.61. The van der Waals surface area contributed by atoms with Crippen LogP contribution in [-0.2, 0) is 0 Å². The molecule has 2 heterocycles. The van der Waals surface area contributed by atoms with Crippen LogP contribution in [0.15, 0.2) is 58.4 Å². The Morgan fingerprint density at radius 2 is 1.89 bits per heavy atom. The second-order valence-corrected chi connectivity index (χ2v) is 7.12. The molecule has 0 spiro atoms. The van der Waals surface area contributed by atoms with Crippen molar-refractivity contribution in [2.75, 3.05) is 10.7 Å². The van der Waals surface area contributed by atoms with Crippen molar-refractivity contribution < 1.29 is 0 Å². The fourth-order valence-electron chi connectivity index (χ4n) is 2.49. The number of aromatic amines is 1. The van der Waals surface area contributed by atoms with Gasteiger partial charge in [-0.25, -0.2) is 10.4 Å². The number of hydrogen-bond donors (Lipinski definition) is 3. The number of hydrazone groups is 1. The predicted molar refractivity (Wildman–Crippen MR) is 113 cm³/mol. The van der Waals surface area contributed by atoms with Gasteiger partial charge < -0.3 is 5.32 Å². The molecule has 8 nitrogen and oxygen atoms in total. The quantitative estimate of drug-likeness (QED) is 0.354. The van der Waals surface area contributed by atoms with Crippen LogP contribution in [-0.4, -0.2) is 25.9 Å². The molecule has 28 heavy (non-hydrogen) atoms. The van der Waals surface area contributed by atoms with Gasteiger partial charge in [0.25, 0.3) is 5.56 Å². The molecule has 0 saturated heterocycles. The average Bonchev–Trinajstić information content (AvgIpc) is 3.11. The lowest BCUT2D eigenvalue weighted by atomic mass is 10.1. The van der Waals surface area contributed by atoms with E-state index in [1.54, 1.807) is 18.3 Å². The number of rotatable bonds is 5. The molecule has 0 atom stereocenters. The number of H-pyrrole nitrogens is 1. The number of fused-ring (bicyclic) bond motifs is 1. The van der Waals surface area contributed by atoms with Crippen LogP contribution < -0.4 is 16.3 Å². The highest BCUT2D eigenvalue weighted by Gasteiger charge is 2.05. The Morgan fingerprint density at radius 3 is 2.64 bits per heavy atom. The minimum absolute atomic E-state index is 0.198. The summed E-state index contributed by atoms with van der Waals surface area (Å²) in [5.74, 6) is 0.198. The Hall–Kier alpha value is -3.59. The largest absolute Gasteiger partial charge is 0.332 e. The van der Waals surface area contributed by atoms with Gasteiger partial charge in [0.1, 0.15) is 5.69 Å². The van der Waals surface area contributed by atoms with Crippen molar-refractivity contribution in [3.63, 3.8) is 0 Å². The first kappa shape index (κ1) is 17.8. The summed E-state index contributed by atoms with van der Waals surface area (Å²) in [5, 5.41) is 16.0. The number of hydrogen-bond acceptors (Lipinski definition) is 8. The summed E-state index contributed by atoms with van der Waals surface area (Å²) in [6.07, 6.45) is 0. The van der Waals surface area contributed by atoms with Crippen LogP contribution in [0.1, 0.15) is 18.2 Å². The van der Waals surface area contributed by atoms with E-state index in [0.717, 1.165) is 32.3 Å². The minimum Gasteiger partial charge on any atom is -0.332 e. The van der Waals surface area contributed by atoms with E-state index < -0.39 is 0 Å². The molecule has 140 valence electrons. The van der Waals surface area contributed by atoms with Crippen molar-refractivity contribution >= 4 is 44.0 Å². The summed E-state index contributed by atoms with van der Waals surface area (Å²) in [6, 6.07) is 15.9. The molecule has 0 unspecified atom stereocenters. The minimum atomic E-state index is -0.296. The van der Waals surface area contributed by atoms with Crippen molar-refractivity contribution in [3.8, 4) is 0 Å². The SMILES string of the molecule is C/C(=N/Nc1nnc(C)c(=O)[nH]1)c1ccc(Nc2nc3ccccc3s2)cc1. The summed E-state index contributed by atoms with van der Waals surface area (Å²) < 4.78 is 1.15. The molecule has 4 aromatic rings. The second kappa shape index (κ2) is 7.57. The molecule has 0 amide bonds. The molecule has 0 radical (unpaired) electrons. The van der Waals surface area contributed by atoms with Crippen molar-refractivity contribution in [2.45, 2.75) is 13.8 Å². The van der Waals surface area contributed by atoms with E-state index in [2.05, 4.69) is 42.1 Å². The highest BCUT2D eigenvalue weighted by molar-refractivity contribution is 7.22. The van der Waals surface area contributed by atoms with Gasteiger partial charge in [-0.15, -0.1) is 10.2 Å². The molecule has 4 rings (SSSR count). The van der Waals surface area contributed by atoms with Gasteiger partial charge in [0.2, 0.25) is 5.95 Å². The monoisotopic (exact) mass is 391 g/mol. The van der Waals surface area contributed by atoms with Crippen LogP contribution in [0.4, 0.5) is 16.8 Å². The van der Waals surface area contributed by atoms with E-state index in [1.165, 1.54) is 0 Å². The van der Waals surface area contributed by atoms with Crippen molar-refractivity contribution in [1.82, 2.24) is 20.2 Å². The van der Waals surface area contributed by atoms with Crippen LogP contribution in [0.25, 0.3) is 10.2 Å². The second-order valence-electron chi connectivity index (χ2n) is 6.09. The molecule has 2 aromatic carbocycles. The fraction of sp³-hybridized carbons (Fsp3) is 0.105. The zero-order valence-electron chi connectivity index (χ0n) is 15.2. The molecular weight excluding hydrogens is 374 g/mol. The zero-order chi connectivity index (χ0) is 19.5. The number of aryl methyl sites for hydroxylation is 1. The standard InChI is InChI=1S/C19H17N7OS/c1-11(23-25-18-22-17(27)12(2)24-26-18)13-7-9-14(10-8-13)20-19-21-15-5-3-4-6-16(15)28-19/h3-10H,1-2H3,(H,20,21)(H2,22,25,26,27)/b23-11-. The topological polar surface area (TPSA) is 108 Å². The molecule has 0 aliphatic heterocycles. The Balaban J connectivity index is 1.45. The number of aromatic nitrogens is 4. The van der Waals surface area contributed by atoms with E-state index in [1.807, 2.05) is 49.4 Å². The highest BCUT2D eigenvalue weighted by atomic mass is 32.1. The lowest BCUT2D eigenvalue weighted by molar-refractivity contribution is 0.897. The van der Waals surface area contributed by atoms with Gasteiger partial charge in [-0.2, -0.15) is 5.10 Å². The third kappa shape index (κ3) is 3.89. The maximum atomic E-state index is 11.5. The first-order chi connectivity index (χ1) is 13.6. The van der Waals surface area contributed by atoms with E-state index in [-0.39, 0.29) is 11.5 Å². The maximum Gasteiger partial charge on any atom is 0.274 e. The van der Waals surface area contributed by atoms with Crippen LogP contribution in [0, 0.1) is 6.92 Å². The number of nitrogens with one attached hydrogen (secondary N) is 3. The first-order valence-electron chi connectivity index (χ1n) is 8.55. The van der Waals surface area contributed by atoms with Crippen LogP contribution in [0.2, 0.25) is 0 Å². The number of para-hydroxylation sites is 1. The number of thiazole rings is 1. The first-order valence-corrected chi connectivity index (χ1v) is 9.37. The maximum absolute atomic E-state index is 11.5. The normalized spacial score (nSPS) is 11.6. The Bertz CT molecular complexity index is 1180. The molecule has 0 aliphatic carbocycles. The molecule has 3 N–H and O–H groups in total. The smallest absolute Gasteiger partial charge is 0.274 e. The molecule has 9 heteroatoms. The van der Waals surface area contributed by atoms with Gasteiger partial charge in [-0.1, -0.05) is 35.6 Å². The third-order valence-corrected chi connectivity index (χ3v) is 4.99. The molecular formula is C19H17N7OS. The third-order valence-electron chi connectivity index (χ3n) is 4.04. The summed E-state index contributed by atoms with van der Waals surface area (Å²) in [5.41, 5.74) is 6.33. The number of anilines is 3. The molecule has 0 bridgehead atoms. The van der Waals surface area contributed by atoms with E-state index in [4.69, 9.17) is 0 Å². The number of nitrogens with zero attached hydrogens (tertiary/aromatic N) is 4. The van der Waals surface area contributed by atoms with Gasteiger partial charge in [-0.05, 0) is 43.7 Å². The Morgan fingerprint density at radius 1 is 1.11 bits per heavy atom. The molecule has 0 aliphatic rings. The molecule has 0 fully saturated rings. The van der Waals surface area contributed by atoms with Crippen molar-refractivity contribution in [2.24, 2.45) is 5.10 Å². The van der Waals surface area contributed by atoms with Gasteiger partial charge in [0.15, 0.2) is 5.13 Å². The predicted octanol–water partition coefficient (Wildman–Crippen LogP) is 3.66. The fourth-order valence-corrected chi connectivity index (χ4v) is 3.38. The van der Waals surface area contributed by atoms with Gasteiger partial charge in [0, 0.05) is 5.69 Å².